The topological polar surface area (TPSA) is 61.4 Å². The Labute approximate surface area is 122 Å². The summed E-state index contributed by atoms with van der Waals surface area (Å²) in [5.41, 5.74) is 2.01. The van der Waals surface area contributed by atoms with E-state index in [9.17, 15) is 14.3 Å². The van der Waals surface area contributed by atoms with Crippen LogP contribution in [0.4, 0.5) is 20.6 Å². The van der Waals surface area contributed by atoms with Gasteiger partial charge >= 0.3 is 6.03 Å². The highest BCUT2D eigenvalue weighted by molar-refractivity contribution is 6.00. The molecule has 1 atom stereocenters. The zero-order valence-electron chi connectivity index (χ0n) is 11.9. The Balaban J connectivity index is 2.10. The van der Waals surface area contributed by atoms with Gasteiger partial charge in [0.15, 0.2) is 0 Å². The van der Waals surface area contributed by atoms with Crippen molar-refractivity contribution >= 4 is 17.4 Å². The molecule has 0 spiro atoms. The molecule has 0 saturated carbocycles. The summed E-state index contributed by atoms with van der Waals surface area (Å²) in [5.74, 6) is -0.483. The number of aliphatic hydroxyl groups excluding tert-OH is 1. The summed E-state index contributed by atoms with van der Waals surface area (Å²) in [7, 11) is 0. The van der Waals surface area contributed by atoms with Crippen LogP contribution in [-0.4, -0.2) is 11.1 Å². The summed E-state index contributed by atoms with van der Waals surface area (Å²) >= 11 is 0. The van der Waals surface area contributed by atoms with Crippen LogP contribution in [0.2, 0.25) is 0 Å². The molecule has 3 N–H and O–H groups in total. The van der Waals surface area contributed by atoms with Crippen molar-refractivity contribution in [3.63, 3.8) is 0 Å². The van der Waals surface area contributed by atoms with Crippen LogP contribution < -0.4 is 10.6 Å². The van der Waals surface area contributed by atoms with Crippen LogP contribution in [0.25, 0.3) is 0 Å². The maximum Gasteiger partial charge on any atom is 0.323 e. The predicted molar refractivity (Wildman–Crippen MR) is 80.9 cm³/mol. The van der Waals surface area contributed by atoms with Gasteiger partial charge in [0.2, 0.25) is 0 Å². The van der Waals surface area contributed by atoms with Gasteiger partial charge in [-0.2, -0.15) is 0 Å². The second kappa shape index (κ2) is 6.37. The normalized spacial score (nSPS) is 11.8. The number of benzene rings is 2. The predicted octanol–water partition coefficient (Wildman–Crippen LogP) is 3.83. The fourth-order valence-corrected chi connectivity index (χ4v) is 1.94. The molecule has 1 unspecified atom stereocenters. The van der Waals surface area contributed by atoms with E-state index in [1.807, 2.05) is 0 Å². The number of hydrogen-bond acceptors (Lipinski definition) is 2. The van der Waals surface area contributed by atoms with Gasteiger partial charge in [-0.15, -0.1) is 0 Å². The number of rotatable bonds is 3. The van der Waals surface area contributed by atoms with Crippen LogP contribution in [0.15, 0.2) is 42.5 Å². The van der Waals surface area contributed by atoms with Gasteiger partial charge in [0.1, 0.15) is 5.82 Å². The first-order valence-corrected chi connectivity index (χ1v) is 6.58. The van der Waals surface area contributed by atoms with E-state index in [0.717, 1.165) is 0 Å². The molecule has 110 valence electrons. The third kappa shape index (κ3) is 3.79. The van der Waals surface area contributed by atoms with E-state index in [2.05, 4.69) is 10.6 Å². The van der Waals surface area contributed by atoms with Gasteiger partial charge in [-0.1, -0.05) is 24.3 Å². The zero-order valence-corrected chi connectivity index (χ0v) is 11.9. The molecule has 0 aliphatic rings. The molecule has 0 heterocycles. The molecular formula is C16H17FN2O2. The number of aryl methyl sites for hydroxylation is 1. The zero-order chi connectivity index (χ0) is 15.4. The maximum absolute atomic E-state index is 13.6. The third-order valence-electron chi connectivity index (χ3n) is 3.09. The van der Waals surface area contributed by atoms with Crippen molar-refractivity contribution in [1.29, 1.82) is 0 Å². The Morgan fingerprint density at radius 3 is 2.57 bits per heavy atom. The van der Waals surface area contributed by atoms with Crippen molar-refractivity contribution in [2.75, 3.05) is 10.6 Å². The first-order chi connectivity index (χ1) is 9.97. The second-order valence-electron chi connectivity index (χ2n) is 4.81. The average molecular weight is 288 g/mol. The van der Waals surface area contributed by atoms with Crippen LogP contribution >= 0.6 is 0 Å². The summed E-state index contributed by atoms with van der Waals surface area (Å²) in [6.07, 6.45) is -0.622. The van der Waals surface area contributed by atoms with Crippen LogP contribution in [0.1, 0.15) is 24.2 Å². The molecule has 0 fully saturated rings. The van der Waals surface area contributed by atoms with Crippen molar-refractivity contribution in [1.82, 2.24) is 0 Å². The maximum atomic E-state index is 13.6. The standard InChI is InChI=1S/C16H17FN2O2/c1-10-5-3-8-14(17)15(10)19-16(21)18-13-7-4-6-12(9-13)11(2)20/h3-9,11,20H,1-2H3,(H2,18,19,21). The number of para-hydroxylation sites is 1. The number of halogens is 1. The lowest BCUT2D eigenvalue weighted by molar-refractivity contribution is 0.199. The minimum Gasteiger partial charge on any atom is -0.389 e. The summed E-state index contributed by atoms with van der Waals surface area (Å²) < 4.78 is 13.6. The SMILES string of the molecule is Cc1cccc(F)c1NC(=O)Nc1cccc(C(C)O)c1. The molecule has 0 aliphatic heterocycles. The summed E-state index contributed by atoms with van der Waals surface area (Å²) in [6, 6.07) is 10.9. The highest BCUT2D eigenvalue weighted by Gasteiger charge is 2.10. The summed E-state index contributed by atoms with van der Waals surface area (Å²) in [6.45, 7) is 3.36. The first-order valence-electron chi connectivity index (χ1n) is 6.58. The fraction of sp³-hybridized carbons (Fsp3) is 0.188. The number of carbonyl (C=O) groups is 1. The van der Waals surface area contributed by atoms with E-state index in [-0.39, 0.29) is 5.69 Å². The fourth-order valence-electron chi connectivity index (χ4n) is 1.94. The largest absolute Gasteiger partial charge is 0.389 e. The number of aliphatic hydroxyl groups is 1. The Morgan fingerprint density at radius 1 is 1.19 bits per heavy atom. The van der Waals surface area contributed by atoms with Gasteiger partial charge in [0.25, 0.3) is 0 Å². The molecule has 2 aromatic carbocycles. The van der Waals surface area contributed by atoms with Gasteiger partial charge in [0.05, 0.1) is 11.8 Å². The van der Waals surface area contributed by atoms with E-state index < -0.39 is 18.0 Å². The molecule has 0 aliphatic carbocycles. The Morgan fingerprint density at radius 2 is 1.90 bits per heavy atom. The van der Waals surface area contributed by atoms with Crippen molar-refractivity contribution in [3.05, 3.63) is 59.4 Å². The lowest BCUT2D eigenvalue weighted by Gasteiger charge is -2.12. The van der Waals surface area contributed by atoms with E-state index >= 15 is 0 Å². The van der Waals surface area contributed by atoms with Crippen molar-refractivity contribution in [2.45, 2.75) is 20.0 Å². The summed E-state index contributed by atoms with van der Waals surface area (Å²) in [4.78, 5) is 11.9. The van der Waals surface area contributed by atoms with E-state index in [1.54, 1.807) is 50.2 Å². The Hall–Kier alpha value is -2.40. The molecule has 0 radical (unpaired) electrons. The van der Waals surface area contributed by atoms with Crippen molar-refractivity contribution < 1.29 is 14.3 Å². The molecule has 2 aromatic rings. The highest BCUT2D eigenvalue weighted by atomic mass is 19.1. The quantitative estimate of drug-likeness (QED) is 0.803. The molecule has 2 amide bonds. The highest BCUT2D eigenvalue weighted by Crippen LogP contribution is 2.20. The van der Waals surface area contributed by atoms with Gasteiger partial charge < -0.3 is 15.7 Å². The minimum absolute atomic E-state index is 0.154. The van der Waals surface area contributed by atoms with Gasteiger partial charge in [-0.3, -0.25) is 0 Å². The average Bonchev–Trinajstić information content (AvgIpc) is 2.43. The molecule has 2 rings (SSSR count). The molecule has 0 aromatic heterocycles. The number of amides is 2. The van der Waals surface area contributed by atoms with E-state index in [1.165, 1.54) is 6.07 Å². The Kier molecular flexibility index (Phi) is 4.55. The molecular weight excluding hydrogens is 271 g/mol. The first kappa shape index (κ1) is 15.0. The number of carbonyl (C=O) groups excluding carboxylic acids is 1. The minimum atomic E-state index is -0.622. The van der Waals surface area contributed by atoms with Crippen LogP contribution in [0.5, 0.6) is 0 Å². The number of nitrogens with one attached hydrogen (secondary N) is 2. The van der Waals surface area contributed by atoms with Crippen LogP contribution in [0.3, 0.4) is 0 Å². The molecule has 21 heavy (non-hydrogen) atoms. The number of urea groups is 1. The van der Waals surface area contributed by atoms with Crippen LogP contribution in [0, 0.1) is 12.7 Å². The molecule has 0 saturated heterocycles. The number of anilines is 2. The smallest absolute Gasteiger partial charge is 0.323 e. The van der Waals surface area contributed by atoms with E-state index in [4.69, 9.17) is 0 Å². The van der Waals surface area contributed by atoms with Gasteiger partial charge in [0, 0.05) is 5.69 Å². The Bertz CT molecular complexity index is 636. The van der Waals surface area contributed by atoms with Crippen molar-refractivity contribution in [2.24, 2.45) is 0 Å². The van der Waals surface area contributed by atoms with Gasteiger partial charge in [-0.05, 0) is 43.2 Å². The van der Waals surface area contributed by atoms with Gasteiger partial charge in [-0.25, -0.2) is 9.18 Å². The third-order valence-corrected chi connectivity index (χ3v) is 3.09. The van der Waals surface area contributed by atoms with Crippen molar-refractivity contribution in [3.8, 4) is 0 Å². The summed E-state index contributed by atoms with van der Waals surface area (Å²) in [5, 5.41) is 14.6. The molecule has 0 bridgehead atoms. The lowest BCUT2D eigenvalue weighted by Crippen LogP contribution is -2.20. The second-order valence-corrected chi connectivity index (χ2v) is 4.81. The molecule has 5 heteroatoms. The molecule has 4 nitrogen and oxygen atoms in total. The number of hydrogen-bond donors (Lipinski definition) is 3. The monoisotopic (exact) mass is 288 g/mol. The van der Waals surface area contributed by atoms with Crippen LogP contribution in [-0.2, 0) is 0 Å². The van der Waals surface area contributed by atoms with E-state index in [0.29, 0.717) is 16.8 Å². The lowest BCUT2D eigenvalue weighted by atomic mass is 10.1.